The molecule has 1 amide bonds. The minimum atomic E-state index is -0.262. The van der Waals surface area contributed by atoms with Crippen molar-refractivity contribution in [2.45, 2.75) is 31.7 Å². The van der Waals surface area contributed by atoms with Gasteiger partial charge in [0, 0.05) is 37.1 Å². The average molecular weight is 320 g/mol. The molecule has 4 rings (SSSR count). The Bertz CT molecular complexity index is 808. The Hall–Kier alpha value is -2.15. The van der Waals surface area contributed by atoms with E-state index in [1.54, 1.807) is 4.90 Å². The molecule has 2 aliphatic rings. The van der Waals surface area contributed by atoms with E-state index in [0.717, 1.165) is 29.8 Å². The fourth-order valence-corrected chi connectivity index (χ4v) is 3.12. The van der Waals surface area contributed by atoms with Crippen molar-refractivity contribution < 1.29 is 4.79 Å². The zero-order valence-corrected chi connectivity index (χ0v) is 12.5. The molecule has 0 bridgehead atoms. The van der Waals surface area contributed by atoms with E-state index >= 15 is 0 Å². The first kappa shape index (κ1) is 13.5. The van der Waals surface area contributed by atoms with Crippen LogP contribution in [0.2, 0.25) is 5.02 Å². The summed E-state index contributed by atoms with van der Waals surface area (Å²) in [4.78, 5) is 25.6. The molecular formula is C14H14ClN5O2. The summed E-state index contributed by atoms with van der Waals surface area (Å²) >= 11 is 6.29. The first-order chi connectivity index (χ1) is 10.6. The summed E-state index contributed by atoms with van der Waals surface area (Å²) in [5, 5.41) is 13.8. The normalized spacial score (nSPS) is 17.4. The number of carbonyl (C=O) groups is 1. The van der Waals surface area contributed by atoms with Gasteiger partial charge in [-0.15, -0.1) is 0 Å². The SMILES string of the molecule is O=C(c1n[nH]c(C2CC2)c1Cl)N1CCc2n[nH]c(=O)cc2C1. The molecule has 3 heterocycles. The Morgan fingerprint density at radius 2 is 2.14 bits per heavy atom. The van der Waals surface area contributed by atoms with E-state index < -0.39 is 0 Å². The lowest BCUT2D eigenvalue weighted by Crippen LogP contribution is -2.37. The Kier molecular flexibility index (Phi) is 3.04. The molecule has 7 nitrogen and oxygen atoms in total. The zero-order chi connectivity index (χ0) is 15.3. The van der Waals surface area contributed by atoms with Crippen molar-refractivity contribution in [1.82, 2.24) is 25.3 Å². The highest BCUT2D eigenvalue weighted by molar-refractivity contribution is 6.34. The molecule has 2 N–H and O–H groups in total. The van der Waals surface area contributed by atoms with Crippen molar-refractivity contribution in [1.29, 1.82) is 0 Å². The van der Waals surface area contributed by atoms with Crippen LogP contribution >= 0.6 is 11.6 Å². The van der Waals surface area contributed by atoms with Crippen LogP contribution in [0.1, 0.15) is 46.2 Å². The second-order valence-corrected chi connectivity index (χ2v) is 6.13. The summed E-state index contributed by atoms with van der Waals surface area (Å²) in [7, 11) is 0. The van der Waals surface area contributed by atoms with Crippen molar-refractivity contribution in [3.63, 3.8) is 0 Å². The summed E-state index contributed by atoms with van der Waals surface area (Å²) in [6.07, 6.45) is 2.78. The Morgan fingerprint density at radius 3 is 2.91 bits per heavy atom. The number of halogens is 1. The number of aromatic amines is 2. The van der Waals surface area contributed by atoms with E-state index in [1.165, 1.54) is 6.07 Å². The van der Waals surface area contributed by atoms with Gasteiger partial charge < -0.3 is 4.90 Å². The largest absolute Gasteiger partial charge is 0.332 e. The Balaban J connectivity index is 1.60. The third kappa shape index (κ3) is 2.21. The van der Waals surface area contributed by atoms with Gasteiger partial charge in [-0.1, -0.05) is 11.6 Å². The lowest BCUT2D eigenvalue weighted by Gasteiger charge is -2.27. The van der Waals surface area contributed by atoms with Crippen LogP contribution in [-0.2, 0) is 13.0 Å². The van der Waals surface area contributed by atoms with Crippen LogP contribution in [0, 0.1) is 0 Å². The molecule has 2 aromatic rings. The highest BCUT2D eigenvalue weighted by Crippen LogP contribution is 2.43. The lowest BCUT2D eigenvalue weighted by molar-refractivity contribution is 0.0727. The number of nitrogens with zero attached hydrogens (tertiary/aromatic N) is 3. The average Bonchev–Trinajstić information content (AvgIpc) is 3.28. The van der Waals surface area contributed by atoms with Gasteiger partial charge in [0.2, 0.25) is 0 Å². The maximum atomic E-state index is 12.6. The molecule has 22 heavy (non-hydrogen) atoms. The molecule has 0 radical (unpaired) electrons. The molecular weight excluding hydrogens is 306 g/mol. The fourth-order valence-electron chi connectivity index (χ4n) is 2.80. The smallest absolute Gasteiger partial charge is 0.276 e. The highest BCUT2D eigenvalue weighted by Gasteiger charge is 2.32. The van der Waals surface area contributed by atoms with Gasteiger partial charge in [0.15, 0.2) is 5.69 Å². The maximum Gasteiger partial charge on any atom is 0.276 e. The van der Waals surface area contributed by atoms with Crippen molar-refractivity contribution in [2.75, 3.05) is 6.54 Å². The molecule has 8 heteroatoms. The van der Waals surface area contributed by atoms with Gasteiger partial charge in [-0.05, 0) is 12.8 Å². The molecule has 0 aromatic carbocycles. The molecule has 0 unspecified atom stereocenters. The minimum Gasteiger partial charge on any atom is -0.332 e. The predicted octanol–water partition coefficient (Wildman–Crippen LogP) is 1.22. The maximum absolute atomic E-state index is 12.6. The quantitative estimate of drug-likeness (QED) is 0.870. The fraction of sp³-hybridized carbons (Fsp3) is 0.429. The second kappa shape index (κ2) is 4.95. The first-order valence-electron chi connectivity index (χ1n) is 7.24. The summed E-state index contributed by atoms with van der Waals surface area (Å²) in [5.74, 6) is 0.200. The third-order valence-corrected chi connectivity index (χ3v) is 4.55. The van der Waals surface area contributed by atoms with Crippen LogP contribution in [-0.4, -0.2) is 37.7 Å². The number of nitrogens with one attached hydrogen (secondary N) is 2. The van der Waals surface area contributed by atoms with Gasteiger partial charge in [-0.3, -0.25) is 14.7 Å². The topological polar surface area (TPSA) is 94.7 Å². The van der Waals surface area contributed by atoms with Crippen LogP contribution in [0.15, 0.2) is 10.9 Å². The Labute approximate surface area is 130 Å². The van der Waals surface area contributed by atoms with Crippen LogP contribution < -0.4 is 5.56 Å². The molecule has 114 valence electrons. The van der Waals surface area contributed by atoms with E-state index in [-0.39, 0.29) is 17.2 Å². The molecule has 1 saturated carbocycles. The van der Waals surface area contributed by atoms with E-state index in [1.807, 2.05) is 0 Å². The number of rotatable bonds is 2. The van der Waals surface area contributed by atoms with Crippen molar-refractivity contribution in [3.8, 4) is 0 Å². The van der Waals surface area contributed by atoms with E-state index in [9.17, 15) is 9.59 Å². The molecule has 2 aromatic heterocycles. The van der Waals surface area contributed by atoms with Gasteiger partial charge >= 0.3 is 0 Å². The number of fused-ring (bicyclic) bond motifs is 1. The number of H-pyrrole nitrogens is 2. The number of amides is 1. The van der Waals surface area contributed by atoms with Crippen LogP contribution in [0.5, 0.6) is 0 Å². The molecule has 0 atom stereocenters. The molecule has 1 aliphatic heterocycles. The molecule has 0 saturated heterocycles. The monoisotopic (exact) mass is 319 g/mol. The Morgan fingerprint density at radius 1 is 1.32 bits per heavy atom. The number of hydrogen-bond acceptors (Lipinski definition) is 4. The van der Waals surface area contributed by atoms with Crippen molar-refractivity contribution in [2.24, 2.45) is 0 Å². The zero-order valence-electron chi connectivity index (χ0n) is 11.7. The number of hydrogen-bond donors (Lipinski definition) is 2. The van der Waals surface area contributed by atoms with Crippen LogP contribution in [0.4, 0.5) is 0 Å². The summed E-state index contributed by atoms with van der Waals surface area (Å²) in [5.41, 5.74) is 2.47. The van der Waals surface area contributed by atoms with Crippen molar-refractivity contribution in [3.05, 3.63) is 44.1 Å². The van der Waals surface area contributed by atoms with E-state index in [4.69, 9.17) is 11.6 Å². The van der Waals surface area contributed by atoms with Gasteiger partial charge in [-0.2, -0.15) is 10.2 Å². The van der Waals surface area contributed by atoms with Gasteiger partial charge in [0.25, 0.3) is 11.5 Å². The van der Waals surface area contributed by atoms with Crippen LogP contribution in [0.3, 0.4) is 0 Å². The number of carbonyl (C=O) groups excluding carboxylic acids is 1. The number of aromatic nitrogens is 4. The standard InChI is InChI=1S/C14H14ClN5O2/c15-11-12(7-1-2-7)18-19-13(11)14(22)20-4-3-9-8(6-20)5-10(21)17-16-9/h5,7H,1-4,6H2,(H,17,21)(H,18,19). The summed E-state index contributed by atoms with van der Waals surface area (Å²) < 4.78 is 0. The molecule has 1 fully saturated rings. The van der Waals surface area contributed by atoms with E-state index in [2.05, 4.69) is 20.4 Å². The third-order valence-electron chi connectivity index (χ3n) is 4.16. The first-order valence-corrected chi connectivity index (χ1v) is 7.62. The predicted molar refractivity (Wildman–Crippen MR) is 78.9 cm³/mol. The second-order valence-electron chi connectivity index (χ2n) is 5.75. The minimum absolute atomic E-state index is 0.209. The summed E-state index contributed by atoms with van der Waals surface area (Å²) in [6, 6.07) is 1.49. The van der Waals surface area contributed by atoms with Crippen LogP contribution in [0.25, 0.3) is 0 Å². The summed E-state index contributed by atoms with van der Waals surface area (Å²) in [6.45, 7) is 0.889. The van der Waals surface area contributed by atoms with Crippen molar-refractivity contribution >= 4 is 17.5 Å². The lowest BCUT2D eigenvalue weighted by atomic mass is 10.1. The van der Waals surface area contributed by atoms with Gasteiger partial charge in [0.05, 0.1) is 16.4 Å². The molecule has 0 spiro atoms. The van der Waals surface area contributed by atoms with Gasteiger partial charge in [-0.25, -0.2) is 5.10 Å². The molecule has 1 aliphatic carbocycles. The highest BCUT2D eigenvalue weighted by atomic mass is 35.5. The van der Waals surface area contributed by atoms with Gasteiger partial charge in [0.1, 0.15) is 0 Å². The van der Waals surface area contributed by atoms with E-state index in [0.29, 0.717) is 30.5 Å².